The highest BCUT2D eigenvalue weighted by Gasteiger charge is 2.28. The van der Waals surface area contributed by atoms with Crippen molar-refractivity contribution in [3.8, 4) is 17.1 Å². The fourth-order valence-corrected chi connectivity index (χ4v) is 4.40. The number of hydrogen-bond donors (Lipinski definition) is 2. The number of pyridine rings is 1. The summed E-state index contributed by atoms with van der Waals surface area (Å²) < 4.78 is 7.31. The number of nitrogens with one attached hydrogen (secondary N) is 1. The van der Waals surface area contributed by atoms with Gasteiger partial charge in [0.2, 0.25) is 5.91 Å². The lowest BCUT2D eigenvalue weighted by atomic mass is 9.85. The number of amides is 1. The van der Waals surface area contributed by atoms with Crippen LogP contribution in [0.1, 0.15) is 31.7 Å². The third kappa shape index (κ3) is 4.21. The molecule has 9 heteroatoms. The molecule has 0 radical (unpaired) electrons. The number of ether oxygens (including phenoxy) is 1. The van der Waals surface area contributed by atoms with E-state index in [0.717, 1.165) is 48.3 Å². The van der Waals surface area contributed by atoms with Crippen molar-refractivity contribution in [3.05, 3.63) is 55.1 Å². The fraction of sp³-hybridized carbons (Fsp3) is 0.292. The van der Waals surface area contributed by atoms with Crippen molar-refractivity contribution in [1.29, 1.82) is 0 Å². The molecule has 3 aromatic heterocycles. The smallest absolute Gasteiger partial charge is 0.227 e. The molecule has 3 heterocycles. The molecule has 1 saturated carbocycles. The SMILES string of the molecule is COc1cccc(NC(=O)C2CCC(n3cnc4c(N)nc(-c5ccncc5)nc43)CC2)c1. The highest BCUT2D eigenvalue weighted by atomic mass is 16.5. The van der Waals surface area contributed by atoms with Gasteiger partial charge in [-0.2, -0.15) is 0 Å². The Labute approximate surface area is 191 Å². The first kappa shape index (κ1) is 20.9. The Bertz CT molecular complexity index is 1280. The van der Waals surface area contributed by atoms with Crippen molar-refractivity contribution >= 4 is 28.6 Å². The van der Waals surface area contributed by atoms with E-state index in [1.807, 2.05) is 36.4 Å². The highest BCUT2D eigenvalue weighted by Crippen LogP contribution is 2.35. The van der Waals surface area contributed by atoms with Crippen LogP contribution in [0, 0.1) is 5.92 Å². The summed E-state index contributed by atoms with van der Waals surface area (Å²) in [6.45, 7) is 0. The fourth-order valence-electron chi connectivity index (χ4n) is 4.40. The second kappa shape index (κ2) is 8.85. The van der Waals surface area contributed by atoms with Crippen LogP contribution in [0.2, 0.25) is 0 Å². The number of fused-ring (bicyclic) bond motifs is 1. The summed E-state index contributed by atoms with van der Waals surface area (Å²) in [7, 11) is 1.61. The zero-order valence-corrected chi connectivity index (χ0v) is 18.3. The molecule has 0 bridgehead atoms. The zero-order chi connectivity index (χ0) is 22.8. The number of imidazole rings is 1. The van der Waals surface area contributed by atoms with Gasteiger partial charge in [-0.3, -0.25) is 9.78 Å². The molecule has 0 saturated heterocycles. The minimum absolute atomic E-state index is 0.0330. The summed E-state index contributed by atoms with van der Waals surface area (Å²) >= 11 is 0. The van der Waals surface area contributed by atoms with Gasteiger partial charge in [0.15, 0.2) is 17.3 Å². The maximum atomic E-state index is 12.8. The summed E-state index contributed by atoms with van der Waals surface area (Å²) in [6.07, 6.45) is 8.48. The topological polar surface area (TPSA) is 121 Å². The molecule has 0 atom stereocenters. The molecule has 1 aliphatic rings. The summed E-state index contributed by atoms with van der Waals surface area (Å²) in [5, 5.41) is 3.02. The lowest BCUT2D eigenvalue weighted by Gasteiger charge is -2.28. The van der Waals surface area contributed by atoms with Crippen LogP contribution in [0.25, 0.3) is 22.6 Å². The van der Waals surface area contributed by atoms with Crippen LogP contribution < -0.4 is 15.8 Å². The van der Waals surface area contributed by atoms with Crippen molar-refractivity contribution in [3.63, 3.8) is 0 Å². The third-order valence-corrected chi connectivity index (χ3v) is 6.19. The molecule has 1 aromatic carbocycles. The summed E-state index contributed by atoms with van der Waals surface area (Å²) in [6, 6.07) is 11.3. The quantitative estimate of drug-likeness (QED) is 0.480. The van der Waals surface area contributed by atoms with Crippen LogP contribution in [0.4, 0.5) is 11.5 Å². The number of benzene rings is 1. The number of hydrogen-bond acceptors (Lipinski definition) is 7. The number of nitrogens with zero attached hydrogens (tertiary/aromatic N) is 5. The number of carbonyl (C=O) groups excluding carboxylic acids is 1. The first-order chi connectivity index (χ1) is 16.1. The molecule has 0 spiro atoms. The highest BCUT2D eigenvalue weighted by molar-refractivity contribution is 5.92. The molecule has 1 fully saturated rings. The van der Waals surface area contributed by atoms with E-state index >= 15 is 0 Å². The van der Waals surface area contributed by atoms with Crippen LogP contribution in [-0.4, -0.2) is 37.5 Å². The van der Waals surface area contributed by atoms with E-state index < -0.39 is 0 Å². The maximum Gasteiger partial charge on any atom is 0.227 e. The molecule has 0 aliphatic heterocycles. The Hall–Kier alpha value is -4.01. The van der Waals surface area contributed by atoms with Gasteiger partial charge < -0.3 is 20.4 Å². The van der Waals surface area contributed by atoms with Gasteiger partial charge in [-0.15, -0.1) is 0 Å². The van der Waals surface area contributed by atoms with Crippen LogP contribution in [-0.2, 0) is 4.79 Å². The summed E-state index contributed by atoms with van der Waals surface area (Å²) in [5.41, 5.74) is 9.11. The summed E-state index contributed by atoms with van der Waals surface area (Å²) in [4.78, 5) is 30.5. The molecular formula is C24H25N7O2. The average Bonchev–Trinajstić information content (AvgIpc) is 3.29. The second-order valence-electron chi connectivity index (χ2n) is 8.22. The van der Waals surface area contributed by atoms with E-state index in [9.17, 15) is 4.79 Å². The van der Waals surface area contributed by atoms with E-state index in [2.05, 4.69) is 24.8 Å². The van der Waals surface area contributed by atoms with Gasteiger partial charge >= 0.3 is 0 Å². The van der Waals surface area contributed by atoms with Gasteiger partial charge in [0, 0.05) is 41.7 Å². The number of methoxy groups -OCH3 is 1. The van der Waals surface area contributed by atoms with Crippen LogP contribution >= 0.6 is 0 Å². The van der Waals surface area contributed by atoms with Gasteiger partial charge in [0.05, 0.1) is 13.4 Å². The number of nitrogen functional groups attached to an aromatic ring is 1. The molecule has 4 aromatic rings. The number of anilines is 2. The van der Waals surface area contributed by atoms with Crippen molar-refractivity contribution in [2.24, 2.45) is 5.92 Å². The monoisotopic (exact) mass is 443 g/mol. The maximum absolute atomic E-state index is 12.8. The van der Waals surface area contributed by atoms with E-state index in [4.69, 9.17) is 15.5 Å². The van der Waals surface area contributed by atoms with E-state index in [1.54, 1.807) is 25.8 Å². The molecule has 1 aliphatic carbocycles. The second-order valence-corrected chi connectivity index (χ2v) is 8.22. The Morgan fingerprint density at radius 2 is 1.91 bits per heavy atom. The first-order valence-electron chi connectivity index (χ1n) is 11.0. The number of nitrogens with two attached hydrogens (primary N) is 1. The normalized spacial score (nSPS) is 18.2. The molecule has 33 heavy (non-hydrogen) atoms. The molecule has 168 valence electrons. The van der Waals surface area contributed by atoms with E-state index in [0.29, 0.717) is 17.2 Å². The lowest BCUT2D eigenvalue weighted by molar-refractivity contribution is -0.120. The van der Waals surface area contributed by atoms with Gasteiger partial charge in [0.1, 0.15) is 11.3 Å². The standard InChI is InChI=1S/C24H25N7O2/c1-33-19-4-2-3-17(13-19)28-24(32)16-5-7-18(8-6-16)31-14-27-20-21(25)29-22(30-23(20)31)15-9-11-26-12-10-15/h2-4,9-14,16,18H,5-8H2,1H3,(H,28,32)(H2,25,29,30). The molecular weight excluding hydrogens is 418 g/mol. The van der Waals surface area contributed by atoms with Crippen molar-refractivity contribution in [1.82, 2.24) is 24.5 Å². The summed E-state index contributed by atoms with van der Waals surface area (Å²) in [5.74, 6) is 1.64. The number of carbonyl (C=O) groups is 1. The van der Waals surface area contributed by atoms with Crippen LogP contribution in [0.3, 0.4) is 0 Å². The van der Waals surface area contributed by atoms with Crippen molar-refractivity contribution in [2.75, 3.05) is 18.2 Å². The Kier molecular flexibility index (Phi) is 5.60. The Morgan fingerprint density at radius 3 is 2.67 bits per heavy atom. The Morgan fingerprint density at radius 1 is 1.12 bits per heavy atom. The van der Waals surface area contributed by atoms with Crippen LogP contribution in [0.5, 0.6) is 5.75 Å². The largest absolute Gasteiger partial charge is 0.497 e. The molecule has 0 unspecified atom stereocenters. The van der Waals surface area contributed by atoms with Gasteiger partial charge in [0.25, 0.3) is 0 Å². The molecule has 5 rings (SSSR count). The van der Waals surface area contributed by atoms with E-state index in [1.165, 1.54) is 0 Å². The molecule has 1 amide bonds. The van der Waals surface area contributed by atoms with Gasteiger partial charge in [-0.05, 0) is 49.9 Å². The molecule has 9 nitrogen and oxygen atoms in total. The zero-order valence-electron chi connectivity index (χ0n) is 18.3. The van der Waals surface area contributed by atoms with Crippen molar-refractivity contribution < 1.29 is 9.53 Å². The van der Waals surface area contributed by atoms with Gasteiger partial charge in [-0.1, -0.05) is 6.07 Å². The van der Waals surface area contributed by atoms with Crippen LogP contribution in [0.15, 0.2) is 55.1 Å². The average molecular weight is 444 g/mol. The predicted molar refractivity (Wildman–Crippen MR) is 126 cm³/mol. The molecule has 3 N–H and O–H groups in total. The minimum atomic E-state index is -0.0330. The first-order valence-corrected chi connectivity index (χ1v) is 11.0. The van der Waals surface area contributed by atoms with E-state index in [-0.39, 0.29) is 17.9 Å². The number of rotatable bonds is 5. The predicted octanol–water partition coefficient (Wildman–Crippen LogP) is 3.85. The number of aromatic nitrogens is 5. The lowest BCUT2D eigenvalue weighted by Crippen LogP contribution is -2.28. The van der Waals surface area contributed by atoms with Crippen molar-refractivity contribution in [2.45, 2.75) is 31.7 Å². The third-order valence-electron chi connectivity index (χ3n) is 6.19. The Balaban J connectivity index is 1.31. The van der Waals surface area contributed by atoms with Gasteiger partial charge in [-0.25, -0.2) is 15.0 Å². The minimum Gasteiger partial charge on any atom is -0.497 e.